The highest BCUT2D eigenvalue weighted by molar-refractivity contribution is 5.78. The number of carbonyl (C=O) groups excluding carboxylic acids is 1. The molecule has 0 aromatic rings. The Morgan fingerprint density at radius 2 is 1.80 bits per heavy atom. The fraction of sp³-hybridized carbons (Fsp3) is 0.938. The van der Waals surface area contributed by atoms with Crippen molar-refractivity contribution in [1.29, 1.82) is 0 Å². The van der Waals surface area contributed by atoms with Gasteiger partial charge in [0.15, 0.2) is 0 Å². The molecule has 20 heavy (non-hydrogen) atoms. The summed E-state index contributed by atoms with van der Waals surface area (Å²) in [5.74, 6) is 1.47. The second kappa shape index (κ2) is 7.41. The molecule has 0 aromatic carbocycles. The molecule has 2 aliphatic heterocycles. The van der Waals surface area contributed by atoms with Gasteiger partial charge in [-0.3, -0.25) is 4.79 Å². The third-order valence-electron chi connectivity index (χ3n) is 5.03. The summed E-state index contributed by atoms with van der Waals surface area (Å²) in [5, 5.41) is 3.43. The maximum atomic E-state index is 12.3. The smallest absolute Gasteiger partial charge is 0.225 e. The topological polar surface area (TPSA) is 35.6 Å². The van der Waals surface area contributed by atoms with Crippen LogP contribution >= 0.6 is 0 Å². The molecular formula is C16H31N3O. The van der Waals surface area contributed by atoms with E-state index >= 15 is 0 Å². The number of carbonyl (C=O) groups is 1. The number of likely N-dealkylation sites (tertiary alicyclic amines) is 1. The second-order valence-corrected chi connectivity index (χ2v) is 6.81. The molecule has 0 unspecified atom stereocenters. The van der Waals surface area contributed by atoms with Gasteiger partial charge in [-0.05, 0) is 71.6 Å². The van der Waals surface area contributed by atoms with Crippen LogP contribution in [0.4, 0.5) is 0 Å². The van der Waals surface area contributed by atoms with Crippen molar-refractivity contribution in [3.05, 3.63) is 0 Å². The van der Waals surface area contributed by atoms with Gasteiger partial charge in [0.25, 0.3) is 0 Å². The van der Waals surface area contributed by atoms with E-state index in [1.165, 1.54) is 32.5 Å². The quantitative estimate of drug-likeness (QED) is 0.849. The first-order chi connectivity index (χ1) is 9.58. The highest BCUT2D eigenvalue weighted by atomic mass is 16.2. The molecule has 0 atom stereocenters. The number of nitrogens with one attached hydrogen (secondary N) is 1. The Labute approximate surface area is 123 Å². The maximum Gasteiger partial charge on any atom is 0.225 e. The number of hydrogen-bond acceptors (Lipinski definition) is 3. The minimum absolute atomic E-state index is 0.256. The summed E-state index contributed by atoms with van der Waals surface area (Å²) >= 11 is 0. The molecule has 2 aliphatic rings. The highest BCUT2D eigenvalue weighted by Crippen LogP contribution is 2.22. The zero-order valence-electron chi connectivity index (χ0n) is 13.4. The molecule has 2 rings (SSSR count). The Hall–Kier alpha value is -0.610. The predicted molar refractivity (Wildman–Crippen MR) is 82.7 cm³/mol. The first-order valence-corrected chi connectivity index (χ1v) is 8.27. The van der Waals surface area contributed by atoms with E-state index in [9.17, 15) is 4.79 Å². The SMILES string of the molecule is CC(C)N(C)C(=O)C1CCN(CC2CCNCC2)CC1. The monoisotopic (exact) mass is 281 g/mol. The lowest BCUT2D eigenvalue weighted by molar-refractivity contribution is -0.137. The van der Waals surface area contributed by atoms with Gasteiger partial charge in [-0.25, -0.2) is 0 Å². The third-order valence-corrected chi connectivity index (χ3v) is 5.03. The Bertz CT molecular complexity index is 305. The highest BCUT2D eigenvalue weighted by Gasteiger charge is 2.29. The molecule has 2 fully saturated rings. The van der Waals surface area contributed by atoms with Crippen molar-refractivity contribution in [3.63, 3.8) is 0 Å². The van der Waals surface area contributed by atoms with Gasteiger partial charge in [0.1, 0.15) is 0 Å². The van der Waals surface area contributed by atoms with E-state index < -0.39 is 0 Å². The van der Waals surface area contributed by atoms with Gasteiger partial charge in [0, 0.05) is 25.6 Å². The molecule has 1 N–H and O–H groups in total. The van der Waals surface area contributed by atoms with Crippen molar-refractivity contribution in [3.8, 4) is 0 Å². The Morgan fingerprint density at radius 3 is 2.35 bits per heavy atom. The van der Waals surface area contributed by atoms with E-state index in [0.29, 0.717) is 11.9 Å². The van der Waals surface area contributed by atoms with Gasteiger partial charge < -0.3 is 15.1 Å². The van der Waals surface area contributed by atoms with E-state index in [1.54, 1.807) is 0 Å². The fourth-order valence-corrected chi connectivity index (χ4v) is 3.33. The van der Waals surface area contributed by atoms with E-state index in [0.717, 1.165) is 31.8 Å². The van der Waals surface area contributed by atoms with Gasteiger partial charge in [0.05, 0.1) is 0 Å². The Morgan fingerprint density at radius 1 is 1.20 bits per heavy atom. The van der Waals surface area contributed by atoms with Crippen LogP contribution in [0, 0.1) is 11.8 Å². The van der Waals surface area contributed by atoms with Gasteiger partial charge in [0.2, 0.25) is 5.91 Å². The normalized spacial score (nSPS) is 23.2. The molecule has 0 spiro atoms. The molecule has 1 amide bonds. The number of amides is 1. The molecule has 4 heteroatoms. The van der Waals surface area contributed by atoms with Crippen LogP contribution in [0.25, 0.3) is 0 Å². The molecular weight excluding hydrogens is 250 g/mol. The van der Waals surface area contributed by atoms with E-state index in [1.807, 2.05) is 11.9 Å². The summed E-state index contributed by atoms with van der Waals surface area (Å²) in [6, 6.07) is 0.315. The minimum atomic E-state index is 0.256. The maximum absolute atomic E-state index is 12.3. The molecule has 4 nitrogen and oxygen atoms in total. The summed E-state index contributed by atoms with van der Waals surface area (Å²) in [7, 11) is 1.94. The third kappa shape index (κ3) is 4.19. The average Bonchev–Trinajstić information content (AvgIpc) is 2.47. The van der Waals surface area contributed by atoms with Gasteiger partial charge in [-0.15, -0.1) is 0 Å². The number of rotatable bonds is 4. The summed E-state index contributed by atoms with van der Waals surface area (Å²) in [6.45, 7) is 9.98. The van der Waals surface area contributed by atoms with Crippen molar-refractivity contribution in [1.82, 2.24) is 15.1 Å². The summed E-state index contributed by atoms with van der Waals surface area (Å²) in [6.07, 6.45) is 4.71. The van der Waals surface area contributed by atoms with E-state index in [2.05, 4.69) is 24.1 Å². The van der Waals surface area contributed by atoms with E-state index in [-0.39, 0.29) is 5.92 Å². The molecule has 0 aromatic heterocycles. The van der Waals surface area contributed by atoms with Gasteiger partial charge in [-0.2, -0.15) is 0 Å². The fourth-order valence-electron chi connectivity index (χ4n) is 3.33. The first-order valence-electron chi connectivity index (χ1n) is 8.27. The van der Waals surface area contributed by atoms with Crippen LogP contribution in [0.1, 0.15) is 39.5 Å². The minimum Gasteiger partial charge on any atom is -0.343 e. The van der Waals surface area contributed by atoms with Crippen LogP contribution in [0.15, 0.2) is 0 Å². The van der Waals surface area contributed by atoms with Crippen molar-refractivity contribution in [2.75, 3.05) is 39.8 Å². The van der Waals surface area contributed by atoms with Crippen molar-refractivity contribution in [2.45, 2.75) is 45.6 Å². The molecule has 0 aliphatic carbocycles. The molecule has 2 heterocycles. The van der Waals surface area contributed by atoms with Crippen LogP contribution in [-0.4, -0.2) is 61.5 Å². The van der Waals surface area contributed by atoms with Gasteiger partial charge >= 0.3 is 0 Å². The molecule has 116 valence electrons. The first kappa shape index (κ1) is 15.8. The number of hydrogen-bond donors (Lipinski definition) is 1. The zero-order chi connectivity index (χ0) is 14.5. The van der Waals surface area contributed by atoms with E-state index in [4.69, 9.17) is 0 Å². The predicted octanol–water partition coefficient (Wildman–Crippen LogP) is 1.56. The van der Waals surface area contributed by atoms with Crippen LogP contribution in [0.5, 0.6) is 0 Å². The number of nitrogens with zero attached hydrogens (tertiary/aromatic N) is 2. The summed E-state index contributed by atoms with van der Waals surface area (Å²) in [4.78, 5) is 16.8. The van der Waals surface area contributed by atoms with Crippen molar-refractivity contribution >= 4 is 5.91 Å². The van der Waals surface area contributed by atoms with Gasteiger partial charge in [-0.1, -0.05) is 0 Å². The summed E-state index contributed by atoms with van der Waals surface area (Å²) < 4.78 is 0. The summed E-state index contributed by atoms with van der Waals surface area (Å²) in [5.41, 5.74) is 0. The lowest BCUT2D eigenvalue weighted by Crippen LogP contribution is -2.45. The number of piperidine rings is 2. The van der Waals surface area contributed by atoms with Crippen LogP contribution in [-0.2, 0) is 4.79 Å². The largest absolute Gasteiger partial charge is 0.343 e. The lowest BCUT2D eigenvalue weighted by atomic mass is 9.92. The average molecular weight is 281 g/mol. The van der Waals surface area contributed by atoms with Crippen LogP contribution < -0.4 is 5.32 Å². The molecule has 2 saturated heterocycles. The zero-order valence-corrected chi connectivity index (χ0v) is 13.4. The molecule has 0 radical (unpaired) electrons. The standard InChI is InChI=1S/C16H31N3O/c1-13(2)18(3)16(20)15-6-10-19(11-7-15)12-14-4-8-17-9-5-14/h13-15,17H,4-12H2,1-3H3. The van der Waals surface area contributed by atoms with Crippen LogP contribution in [0.2, 0.25) is 0 Å². The Balaban J connectivity index is 1.73. The van der Waals surface area contributed by atoms with Crippen LogP contribution in [0.3, 0.4) is 0 Å². The Kier molecular flexibility index (Phi) is 5.85. The molecule has 0 bridgehead atoms. The lowest BCUT2D eigenvalue weighted by Gasteiger charge is -2.36. The van der Waals surface area contributed by atoms with Crippen molar-refractivity contribution < 1.29 is 4.79 Å². The second-order valence-electron chi connectivity index (χ2n) is 6.81. The van der Waals surface area contributed by atoms with Crippen molar-refractivity contribution in [2.24, 2.45) is 11.8 Å². The molecule has 0 saturated carbocycles.